The van der Waals surface area contributed by atoms with E-state index in [0.717, 1.165) is 25.6 Å². The smallest absolute Gasteiger partial charge is 0.109 e. The van der Waals surface area contributed by atoms with Crippen LogP contribution in [0.2, 0.25) is 0 Å². The summed E-state index contributed by atoms with van der Waals surface area (Å²) in [5.41, 5.74) is 0. The van der Waals surface area contributed by atoms with Crippen LogP contribution in [0.3, 0.4) is 0 Å². The van der Waals surface area contributed by atoms with Crippen LogP contribution < -0.4 is 5.32 Å². The molecule has 0 amide bonds. The van der Waals surface area contributed by atoms with Gasteiger partial charge in [0.25, 0.3) is 0 Å². The third-order valence-corrected chi connectivity index (χ3v) is 3.77. The van der Waals surface area contributed by atoms with Gasteiger partial charge in [-0.15, -0.1) is 0 Å². The fourth-order valence-electron chi connectivity index (χ4n) is 2.65. The Morgan fingerprint density at radius 2 is 2.24 bits per heavy atom. The SMILES string of the molecule is CCN(CCc1nccn1C)C1CCNCC1. The van der Waals surface area contributed by atoms with E-state index in [1.165, 1.54) is 31.8 Å². The molecule has 0 atom stereocenters. The molecular weight excluding hydrogens is 212 g/mol. The summed E-state index contributed by atoms with van der Waals surface area (Å²) in [6.07, 6.45) is 7.54. The molecule has 0 spiro atoms. The number of aromatic nitrogens is 2. The van der Waals surface area contributed by atoms with Gasteiger partial charge in [0, 0.05) is 38.4 Å². The van der Waals surface area contributed by atoms with Crippen LogP contribution >= 0.6 is 0 Å². The van der Waals surface area contributed by atoms with Crippen LogP contribution in [0, 0.1) is 0 Å². The molecule has 17 heavy (non-hydrogen) atoms. The van der Waals surface area contributed by atoms with E-state index in [9.17, 15) is 0 Å². The first kappa shape index (κ1) is 12.6. The van der Waals surface area contributed by atoms with Gasteiger partial charge in [0.05, 0.1) is 0 Å². The van der Waals surface area contributed by atoms with Gasteiger partial charge in [-0.1, -0.05) is 6.92 Å². The Morgan fingerprint density at radius 3 is 2.82 bits per heavy atom. The molecule has 4 nitrogen and oxygen atoms in total. The fraction of sp³-hybridized carbons (Fsp3) is 0.769. The molecule has 1 aliphatic rings. The summed E-state index contributed by atoms with van der Waals surface area (Å²) in [4.78, 5) is 7.00. The Balaban J connectivity index is 1.84. The monoisotopic (exact) mass is 236 g/mol. The average Bonchev–Trinajstić information content (AvgIpc) is 2.77. The Morgan fingerprint density at radius 1 is 1.47 bits per heavy atom. The van der Waals surface area contributed by atoms with Crippen LogP contribution in [0.25, 0.3) is 0 Å². The van der Waals surface area contributed by atoms with Gasteiger partial charge in [0.1, 0.15) is 5.82 Å². The largest absolute Gasteiger partial charge is 0.338 e. The Bertz CT molecular complexity index is 328. The van der Waals surface area contributed by atoms with Crippen molar-refractivity contribution in [3.05, 3.63) is 18.2 Å². The zero-order valence-electron chi connectivity index (χ0n) is 11.0. The second-order valence-electron chi connectivity index (χ2n) is 4.81. The molecular formula is C13H24N4. The van der Waals surface area contributed by atoms with E-state index < -0.39 is 0 Å². The van der Waals surface area contributed by atoms with Crippen molar-refractivity contribution < 1.29 is 0 Å². The van der Waals surface area contributed by atoms with E-state index in [1.54, 1.807) is 0 Å². The van der Waals surface area contributed by atoms with Gasteiger partial charge in [0.2, 0.25) is 0 Å². The minimum atomic E-state index is 0.765. The highest BCUT2D eigenvalue weighted by Crippen LogP contribution is 2.12. The van der Waals surface area contributed by atoms with Crippen LogP contribution in [0.5, 0.6) is 0 Å². The average molecular weight is 236 g/mol. The number of nitrogens with zero attached hydrogens (tertiary/aromatic N) is 3. The van der Waals surface area contributed by atoms with Crippen LogP contribution in [0.4, 0.5) is 0 Å². The fourth-order valence-corrected chi connectivity index (χ4v) is 2.65. The van der Waals surface area contributed by atoms with Gasteiger partial charge >= 0.3 is 0 Å². The summed E-state index contributed by atoms with van der Waals surface area (Å²) in [7, 11) is 2.07. The number of hydrogen-bond donors (Lipinski definition) is 1. The summed E-state index contributed by atoms with van der Waals surface area (Å²) in [5, 5.41) is 3.43. The van der Waals surface area contributed by atoms with Gasteiger partial charge in [-0.2, -0.15) is 0 Å². The molecule has 1 aromatic rings. The van der Waals surface area contributed by atoms with E-state index in [1.807, 2.05) is 12.4 Å². The minimum absolute atomic E-state index is 0.765. The molecule has 0 aliphatic carbocycles. The highest BCUT2D eigenvalue weighted by atomic mass is 15.2. The zero-order valence-corrected chi connectivity index (χ0v) is 11.0. The summed E-state index contributed by atoms with van der Waals surface area (Å²) in [6.45, 7) is 6.88. The summed E-state index contributed by atoms with van der Waals surface area (Å²) in [5.74, 6) is 1.19. The van der Waals surface area contributed by atoms with Gasteiger partial charge < -0.3 is 14.8 Å². The molecule has 0 aromatic carbocycles. The van der Waals surface area contributed by atoms with E-state index in [-0.39, 0.29) is 0 Å². The molecule has 96 valence electrons. The molecule has 1 saturated heterocycles. The highest BCUT2D eigenvalue weighted by Gasteiger charge is 2.19. The first-order valence-corrected chi connectivity index (χ1v) is 6.72. The predicted octanol–water partition coefficient (Wildman–Crippen LogP) is 1.04. The quantitative estimate of drug-likeness (QED) is 0.829. The summed E-state index contributed by atoms with van der Waals surface area (Å²) in [6, 6.07) is 0.765. The predicted molar refractivity (Wildman–Crippen MR) is 70.1 cm³/mol. The van der Waals surface area contributed by atoms with Crippen LogP contribution in [-0.2, 0) is 13.5 Å². The number of aryl methyl sites for hydroxylation is 1. The minimum Gasteiger partial charge on any atom is -0.338 e. The van der Waals surface area contributed by atoms with Crippen molar-refractivity contribution in [1.29, 1.82) is 0 Å². The number of hydrogen-bond acceptors (Lipinski definition) is 3. The van der Waals surface area contributed by atoms with Gasteiger partial charge in [-0.3, -0.25) is 0 Å². The highest BCUT2D eigenvalue weighted by molar-refractivity contribution is 4.92. The first-order chi connectivity index (χ1) is 8.31. The number of imidazole rings is 1. The molecule has 0 radical (unpaired) electrons. The molecule has 0 unspecified atom stereocenters. The topological polar surface area (TPSA) is 33.1 Å². The lowest BCUT2D eigenvalue weighted by molar-refractivity contribution is 0.171. The van der Waals surface area contributed by atoms with Crippen molar-refractivity contribution >= 4 is 0 Å². The standard InChI is InChI=1S/C13H24N4/c1-3-17(12-4-7-14-8-5-12)10-6-13-15-9-11-16(13)2/h9,11-12,14H,3-8,10H2,1-2H3. The third kappa shape index (κ3) is 3.30. The van der Waals surface area contributed by atoms with Crippen molar-refractivity contribution in [2.75, 3.05) is 26.2 Å². The summed E-state index contributed by atoms with van der Waals surface area (Å²) < 4.78 is 2.12. The van der Waals surface area contributed by atoms with Crippen molar-refractivity contribution in [1.82, 2.24) is 19.8 Å². The third-order valence-electron chi connectivity index (χ3n) is 3.77. The summed E-state index contributed by atoms with van der Waals surface area (Å²) >= 11 is 0. The van der Waals surface area contributed by atoms with Crippen molar-refractivity contribution in [2.45, 2.75) is 32.2 Å². The maximum absolute atomic E-state index is 4.39. The van der Waals surface area contributed by atoms with Gasteiger partial charge in [0.15, 0.2) is 0 Å². The van der Waals surface area contributed by atoms with E-state index in [4.69, 9.17) is 0 Å². The molecule has 0 saturated carbocycles. The van der Waals surface area contributed by atoms with Gasteiger partial charge in [-0.05, 0) is 32.5 Å². The van der Waals surface area contributed by atoms with Gasteiger partial charge in [-0.25, -0.2) is 4.98 Å². The Kier molecular flexibility index (Phi) is 4.57. The molecule has 4 heteroatoms. The maximum Gasteiger partial charge on any atom is 0.109 e. The number of piperidine rings is 1. The molecule has 1 aromatic heterocycles. The van der Waals surface area contributed by atoms with Crippen molar-refractivity contribution in [2.24, 2.45) is 7.05 Å². The Hall–Kier alpha value is -0.870. The second kappa shape index (κ2) is 6.17. The van der Waals surface area contributed by atoms with Crippen LogP contribution in [-0.4, -0.2) is 46.7 Å². The van der Waals surface area contributed by atoms with Crippen LogP contribution in [0.1, 0.15) is 25.6 Å². The maximum atomic E-state index is 4.39. The lowest BCUT2D eigenvalue weighted by Crippen LogP contribution is -2.44. The lowest BCUT2D eigenvalue weighted by Gasteiger charge is -2.33. The molecule has 2 rings (SSSR count). The normalized spacial score (nSPS) is 17.8. The molecule has 1 fully saturated rings. The molecule has 1 N–H and O–H groups in total. The number of rotatable bonds is 5. The van der Waals surface area contributed by atoms with Crippen molar-refractivity contribution in [3.63, 3.8) is 0 Å². The zero-order chi connectivity index (χ0) is 12.1. The van der Waals surface area contributed by atoms with E-state index >= 15 is 0 Å². The number of likely N-dealkylation sites (N-methyl/N-ethyl adjacent to an activating group) is 1. The Labute approximate surface area is 104 Å². The lowest BCUT2D eigenvalue weighted by atomic mass is 10.0. The molecule has 2 heterocycles. The molecule has 0 bridgehead atoms. The van der Waals surface area contributed by atoms with Crippen LogP contribution in [0.15, 0.2) is 12.4 Å². The van der Waals surface area contributed by atoms with Crippen molar-refractivity contribution in [3.8, 4) is 0 Å². The molecule has 1 aliphatic heterocycles. The first-order valence-electron chi connectivity index (χ1n) is 6.72. The van der Waals surface area contributed by atoms with E-state index in [2.05, 4.69) is 33.7 Å². The van der Waals surface area contributed by atoms with E-state index in [0.29, 0.717) is 0 Å². The number of nitrogens with one attached hydrogen (secondary N) is 1. The second-order valence-corrected chi connectivity index (χ2v) is 4.81.